The molecular formula is C35H41FN2O6S. The van der Waals surface area contributed by atoms with Gasteiger partial charge in [0.1, 0.15) is 10.7 Å². The third kappa shape index (κ3) is 7.20. The van der Waals surface area contributed by atoms with Crippen LogP contribution >= 0.6 is 0 Å². The van der Waals surface area contributed by atoms with E-state index in [9.17, 15) is 32.9 Å². The largest absolute Gasteiger partial charge is 0.480 e. The molecule has 1 aromatic heterocycles. The number of halogens is 1. The molecule has 3 atom stereocenters. The van der Waals surface area contributed by atoms with Crippen molar-refractivity contribution < 1.29 is 32.9 Å². The van der Waals surface area contributed by atoms with E-state index in [1.165, 1.54) is 40.2 Å². The summed E-state index contributed by atoms with van der Waals surface area (Å²) in [6.45, 7) is 7.20. The maximum Gasteiger partial charge on any atom is 0.329 e. The van der Waals surface area contributed by atoms with Gasteiger partial charge in [0.05, 0.1) is 17.9 Å². The van der Waals surface area contributed by atoms with Crippen molar-refractivity contribution in [1.29, 1.82) is 0 Å². The summed E-state index contributed by atoms with van der Waals surface area (Å²) in [4.78, 5) is 13.0. The molecule has 3 aromatic carbocycles. The molecule has 3 N–H and O–H groups in total. The monoisotopic (exact) mass is 636 g/mol. The Hall–Kier alpha value is -3.83. The molecule has 4 rings (SSSR count). The van der Waals surface area contributed by atoms with Gasteiger partial charge < -0.3 is 19.9 Å². The van der Waals surface area contributed by atoms with E-state index in [1.807, 2.05) is 49.4 Å². The second-order valence-electron chi connectivity index (χ2n) is 11.7. The number of carboxylic acid groups (broad SMARTS) is 1. The van der Waals surface area contributed by atoms with Gasteiger partial charge >= 0.3 is 5.97 Å². The zero-order valence-electron chi connectivity index (χ0n) is 26.2. The highest BCUT2D eigenvalue weighted by Crippen LogP contribution is 2.47. The van der Waals surface area contributed by atoms with Crippen LogP contribution in [0.25, 0.3) is 22.4 Å². The van der Waals surface area contributed by atoms with Gasteiger partial charge in [0.25, 0.3) is 0 Å². The molecule has 0 aliphatic heterocycles. The lowest BCUT2D eigenvalue weighted by Crippen LogP contribution is -2.35. The zero-order valence-corrected chi connectivity index (χ0v) is 27.0. The predicted molar refractivity (Wildman–Crippen MR) is 173 cm³/mol. The molecule has 0 bridgehead atoms. The third-order valence-electron chi connectivity index (χ3n) is 8.00. The van der Waals surface area contributed by atoms with Crippen LogP contribution in [0.5, 0.6) is 0 Å². The molecular weight excluding hydrogens is 595 g/mol. The molecule has 0 spiro atoms. The topological polar surface area (TPSA) is 120 Å². The highest BCUT2D eigenvalue weighted by molar-refractivity contribution is 7.89. The van der Waals surface area contributed by atoms with Crippen LogP contribution < -0.4 is 0 Å². The first-order chi connectivity index (χ1) is 21.3. The van der Waals surface area contributed by atoms with Crippen LogP contribution in [0.4, 0.5) is 4.39 Å². The van der Waals surface area contributed by atoms with Crippen molar-refractivity contribution in [1.82, 2.24) is 8.87 Å². The van der Waals surface area contributed by atoms with Crippen molar-refractivity contribution in [2.75, 3.05) is 7.05 Å². The standard InChI is InChI=1S/C35H41FN2O6S/c1-6-28(39)20-29(40)33(35(41)42)38-31(22(2)3)34(45(43,44)37(5)21-24-10-8-7-9-11-24)30(25-14-12-23(4)13-15-25)32(38)26-16-18-27(36)19-17-26/h7-19,22,28-29,33,39-40H,6,20-21H2,1-5H3,(H,41,42). The van der Waals surface area contributed by atoms with E-state index in [-0.39, 0.29) is 41.2 Å². The summed E-state index contributed by atoms with van der Waals surface area (Å²) in [5, 5.41) is 32.4. The van der Waals surface area contributed by atoms with Gasteiger partial charge in [-0.25, -0.2) is 17.6 Å². The van der Waals surface area contributed by atoms with Gasteiger partial charge in [-0.05, 0) is 60.2 Å². The first kappa shape index (κ1) is 34.1. The van der Waals surface area contributed by atoms with Crippen molar-refractivity contribution in [3.05, 3.63) is 102 Å². The molecule has 0 aliphatic carbocycles. The van der Waals surface area contributed by atoms with E-state index < -0.39 is 46.0 Å². The van der Waals surface area contributed by atoms with Crippen molar-refractivity contribution >= 4 is 16.0 Å². The van der Waals surface area contributed by atoms with Crippen molar-refractivity contribution in [3.8, 4) is 22.4 Å². The number of aromatic nitrogens is 1. The fourth-order valence-corrected chi connectivity index (χ4v) is 7.36. The van der Waals surface area contributed by atoms with Crippen LogP contribution in [0.3, 0.4) is 0 Å². The number of aliphatic carboxylic acids is 1. The van der Waals surface area contributed by atoms with E-state index in [0.29, 0.717) is 11.1 Å². The lowest BCUT2D eigenvalue weighted by molar-refractivity contribution is -0.145. The van der Waals surface area contributed by atoms with E-state index in [1.54, 1.807) is 32.9 Å². The predicted octanol–water partition coefficient (Wildman–Crippen LogP) is 6.36. The van der Waals surface area contributed by atoms with Gasteiger partial charge in [-0.15, -0.1) is 0 Å². The number of rotatable bonds is 13. The number of carbonyl (C=O) groups is 1. The minimum absolute atomic E-state index is 0.0543. The minimum Gasteiger partial charge on any atom is -0.480 e. The number of hydrogen-bond acceptors (Lipinski definition) is 5. The summed E-state index contributed by atoms with van der Waals surface area (Å²) in [5.74, 6) is -2.46. The van der Waals surface area contributed by atoms with Crippen molar-refractivity contribution in [3.63, 3.8) is 0 Å². The van der Waals surface area contributed by atoms with E-state index in [2.05, 4.69) is 0 Å². The van der Waals surface area contributed by atoms with E-state index in [4.69, 9.17) is 0 Å². The smallest absolute Gasteiger partial charge is 0.329 e. The van der Waals surface area contributed by atoms with Gasteiger partial charge in [0.2, 0.25) is 10.0 Å². The second-order valence-corrected chi connectivity index (χ2v) is 13.7. The average molecular weight is 637 g/mol. The Labute approximate surface area is 264 Å². The number of sulfonamides is 1. The number of aliphatic hydroxyl groups is 2. The molecule has 0 saturated carbocycles. The fourth-order valence-electron chi connectivity index (χ4n) is 5.66. The van der Waals surface area contributed by atoms with E-state index in [0.717, 1.165) is 11.1 Å². The van der Waals surface area contributed by atoms with Crippen LogP contribution in [0.1, 0.15) is 62.4 Å². The lowest BCUT2D eigenvalue weighted by atomic mass is 9.98. The molecule has 8 nitrogen and oxygen atoms in total. The molecule has 240 valence electrons. The first-order valence-electron chi connectivity index (χ1n) is 15.0. The number of hydrogen-bond donors (Lipinski definition) is 3. The highest BCUT2D eigenvalue weighted by atomic mass is 32.2. The van der Waals surface area contributed by atoms with Crippen molar-refractivity contribution in [2.45, 2.75) is 76.1 Å². The van der Waals surface area contributed by atoms with Crippen molar-refractivity contribution in [2.24, 2.45) is 0 Å². The van der Waals surface area contributed by atoms with Gasteiger partial charge in [-0.3, -0.25) is 0 Å². The molecule has 45 heavy (non-hydrogen) atoms. The molecule has 0 fully saturated rings. The molecule has 1 heterocycles. The van der Waals surface area contributed by atoms with Gasteiger partial charge in [0.15, 0.2) is 6.04 Å². The third-order valence-corrected chi connectivity index (χ3v) is 9.88. The molecule has 10 heteroatoms. The van der Waals surface area contributed by atoms with Gasteiger partial charge in [-0.2, -0.15) is 4.31 Å². The molecule has 0 aliphatic rings. The van der Waals surface area contributed by atoms with Crippen LogP contribution in [-0.2, 0) is 21.4 Å². The number of aliphatic hydroxyl groups excluding tert-OH is 2. The Balaban J connectivity index is 2.18. The number of aryl methyl sites for hydroxylation is 1. The molecule has 3 unspecified atom stereocenters. The summed E-state index contributed by atoms with van der Waals surface area (Å²) >= 11 is 0. The van der Waals surface area contributed by atoms with Crippen LogP contribution in [-0.4, -0.2) is 57.8 Å². The van der Waals surface area contributed by atoms with Crippen LogP contribution in [0, 0.1) is 12.7 Å². The Morgan fingerprint density at radius 1 is 0.933 bits per heavy atom. The number of benzene rings is 3. The molecule has 0 saturated heterocycles. The Morgan fingerprint density at radius 3 is 2.04 bits per heavy atom. The average Bonchev–Trinajstić information content (AvgIpc) is 3.34. The zero-order chi connectivity index (χ0) is 33.1. The summed E-state index contributed by atoms with van der Waals surface area (Å²) < 4.78 is 46.3. The van der Waals surface area contributed by atoms with Gasteiger partial charge in [0, 0.05) is 31.3 Å². The maximum atomic E-state index is 14.8. The fraction of sp³-hybridized carbons (Fsp3) is 0.343. The normalized spacial score (nSPS) is 14.1. The maximum absolute atomic E-state index is 14.8. The van der Waals surface area contributed by atoms with Crippen LogP contribution in [0.15, 0.2) is 83.8 Å². The SMILES string of the molecule is CCC(O)CC(O)C(C(=O)O)n1c(-c2ccc(F)cc2)c(-c2ccc(C)cc2)c(S(=O)(=O)N(C)Cc2ccccc2)c1C(C)C. The molecule has 4 aromatic rings. The van der Waals surface area contributed by atoms with Gasteiger partial charge in [-0.1, -0.05) is 80.9 Å². The summed E-state index contributed by atoms with van der Waals surface area (Å²) in [7, 11) is -2.84. The quantitative estimate of drug-likeness (QED) is 0.157. The lowest BCUT2D eigenvalue weighted by Gasteiger charge is -2.28. The van der Waals surface area contributed by atoms with E-state index >= 15 is 0 Å². The van der Waals surface area contributed by atoms with Crippen LogP contribution in [0.2, 0.25) is 0 Å². The summed E-state index contributed by atoms with van der Waals surface area (Å²) in [6.07, 6.45) is -2.52. The molecule has 0 amide bonds. The number of nitrogens with zero attached hydrogens (tertiary/aromatic N) is 2. The Morgan fingerprint density at radius 2 is 1.51 bits per heavy atom. The molecule has 0 radical (unpaired) electrons. The summed E-state index contributed by atoms with van der Waals surface area (Å²) in [5.41, 5.74) is 3.23. The summed E-state index contributed by atoms with van der Waals surface area (Å²) in [6, 6.07) is 20.1. The minimum atomic E-state index is -4.32. The Bertz CT molecular complexity index is 1720. The first-order valence-corrected chi connectivity index (χ1v) is 16.4. The second kappa shape index (κ2) is 14.1. The Kier molecular flexibility index (Phi) is 10.7. The highest BCUT2D eigenvalue weighted by Gasteiger charge is 2.41. The number of carboxylic acids is 1.